The number of nitrogens with one attached hydrogen (secondary N) is 3. The summed E-state index contributed by atoms with van der Waals surface area (Å²) in [7, 11) is 0. The molecule has 6 heterocycles. The molecule has 3 atom stereocenters. The maximum atomic E-state index is 14.1. The van der Waals surface area contributed by atoms with Crippen LogP contribution in [0.4, 0.5) is 25.1 Å². The quantitative estimate of drug-likeness (QED) is 0.273. The largest absolute Gasteiger partial charge is 0.449 e. The van der Waals surface area contributed by atoms with E-state index in [4.69, 9.17) is 16.3 Å². The summed E-state index contributed by atoms with van der Waals surface area (Å²) in [5.41, 5.74) is 1.33. The summed E-state index contributed by atoms with van der Waals surface area (Å²) in [5, 5.41) is 8.40. The number of halogens is 3. The van der Waals surface area contributed by atoms with E-state index in [1.54, 1.807) is 48.5 Å². The molecule has 8 rings (SSSR count). The SMILES string of the molecule is O=C1CCC(N2C(=O)c3ccc(N4CC(CCOC(=O)N5CCNC(=O)C5c5cccc(C6(CC(F)F)CNc7nccc(Cl)c76)c5)C4)cc3C2=O)C(=O)N1. The molecule has 3 saturated heterocycles. The molecule has 3 unspecified atom stereocenters. The fourth-order valence-electron chi connectivity index (χ4n) is 8.37. The number of aromatic nitrogens is 1. The number of alkyl halides is 2. The first-order valence-electron chi connectivity index (χ1n) is 18.0. The van der Waals surface area contributed by atoms with Crippen LogP contribution in [0, 0.1) is 5.92 Å². The van der Waals surface area contributed by atoms with Crippen molar-refractivity contribution < 1.29 is 42.3 Å². The van der Waals surface area contributed by atoms with E-state index in [-0.39, 0.29) is 56.1 Å². The van der Waals surface area contributed by atoms with Crippen LogP contribution in [0.1, 0.15) is 69.1 Å². The average molecular weight is 776 g/mol. The summed E-state index contributed by atoms with van der Waals surface area (Å²) in [6, 6.07) is 11.2. The van der Waals surface area contributed by atoms with Gasteiger partial charge in [0.1, 0.15) is 17.9 Å². The molecule has 0 aliphatic carbocycles. The van der Waals surface area contributed by atoms with E-state index in [0.29, 0.717) is 47.0 Å². The van der Waals surface area contributed by atoms with Crippen molar-refractivity contribution in [1.82, 2.24) is 25.4 Å². The second-order valence-electron chi connectivity index (χ2n) is 14.4. The lowest BCUT2D eigenvalue weighted by atomic mass is 9.73. The zero-order valence-corrected chi connectivity index (χ0v) is 30.1. The number of ether oxygens (including phenoxy) is 1. The first-order valence-corrected chi connectivity index (χ1v) is 18.4. The number of hydrogen-bond acceptors (Lipinski definition) is 10. The second-order valence-corrected chi connectivity index (χ2v) is 14.8. The van der Waals surface area contributed by atoms with Crippen molar-refractivity contribution in [2.24, 2.45) is 5.92 Å². The molecule has 5 aliphatic rings. The van der Waals surface area contributed by atoms with Gasteiger partial charge in [0.05, 0.1) is 17.7 Å². The molecule has 0 spiro atoms. The molecule has 55 heavy (non-hydrogen) atoms. The Hall–Kier alpha value is -5.64. The lowest BCUT2D eigenvalue weighted by Crippen LogP contribution is -2.54. The lowest BCUT2D eigenvalue weighted by Gasteiger charge is -2.41. The number of piperazine rings is 1. The molecule has 5 aliphatic heterocycles. The molecule has 17 heteroatoms. The molecule has 3 N–H and O–H groups in total. The van der Waals surface area contributed by atoms with Gasteiger partial charge in [-0.1, -0.05) is 35.9 Å². The van der Waals surface area contributed by atoms with E-state index < -0.39 is 66.0 Å². The van der Waals surface area contributed by atoms with Gasteiger partial charge in [0.25, 0.3) is 11.8 Å². The van der Waals surface area contributed by atoms with Crippen molar-refractivity contribution in [3.8, 4) is 0 Å². The smallest absolute Gasteiger partial charge is 0.410 e. The number of hydrogen-bond donors (Lipinski definition) is 3. The van der Waals surface area contributed by atoms with Crippen LogP contribution in [0.3, 0.4) is 0 Å². The first-order chi connectivity index (χ1) is 26.4. The summed E-state index contributed by atoms with van der Waals surface area (Å²) >= 11 is 6.55. The predicted octanol–water partition coefficient (Wildman–Crippen LogP) is 3.64. The van der Waals surface area contributed by atoms with Crippen molar-refractivity contribution in [2.75, 3.05) is 49.5 Å². The van der Waals surface area contributed by atoms with Gasteiger partial charge < -0.3 is 20.3 Å². The third-order valence-corrected chi connectivity index (χ3v) is 11.5. The average Bonchev–Trinajstić information content (AvgIpc) is 3.63. The molecule has 14 nitrogen and oxygen atoms in total. The van der Waals surface area contributed by atoms with Gasteiger partial charge in [-0.25, -0.2) is 18.6 Å². The molecule has 286 valence electrons. The maximum Gasteiger partial charge on any atom is 0.410 e. The zero-order chi connectivity index (χ0) is 38.6. The number of carbonyl (C=O) groups excluding carboxylic acids is 6. The van der Waals surface area contributed by atoms with Crippen LogP contribution in [-0.2, 0) is 24.5 Å². The lowest BCUT2D eigenvalue weighted by molar-refractivity contribution is -0.136. The summed E-state index contributed by atoms with van der Waals surface area (Å²) in [5.74, 6) is -2.09. The van der Waals surface area contributed by atoms with Crippen LogP contribution >= 0.6 is 11.6 Å². The zero-order valence-electron chi connectivity index (χ0n) is 29.4. The third kappa shape index (κ3) is 6.41. The normalized spacial score (nSPS) is 23.6. The molecule has 0 bridgehead atoms. The summed E-state index contributed by atoms with van der Waals surface area (Å²) in [6.45, 7) is 1.83. The van der Waals surface area contributed by atoms with Crippen molar-refractivity contribution in [2.45, 2.75) is 49.6 Å². The molecular weight excluding hydrogens is 740 g/mol. The van der Waals surface area contributed by atoms with Crippen molar-refractivity contribution >= 4 is 58.7 Å². The van der Waals surface area contributed by atoms with E-state index in [1.165, 1.54) is 11.1 Å². The number of carbonyl (C=O) groups is 6. The highest BCUT2D eigenvalue weighted by Gasteiger charge is 2.47. The number of benzene rings is 2. The summed E-state index contributed by atoms with van der Waals surface area (Å²) < 4.78 is 33.9. The second kappa shape index (κ2) is 14.2. The Kier molecular flexibility index (Phi) is 9.39. The van der Waals surface area contributed by atoms with Crippen molar-refractivity contribution in [3.05, 3.63) is 87.6 Å². The van der Waals surface area contributed by atoms with Gasteiger partial charge in [0, 0.05) is 73.5 Å². The molecule has 2 aromatic carbocycles. The number of anilines is 2. The molecule has 6 amide bonds. The molecule has 3 aromatic rings. The van der Waals surface area contributed by atoms with Crippen molar-refractivity contribution in [1.29, 1.82) is 0 Å². The Morgan fingerprint density at radius 1 is 1.00 bits per heavy atom. The molecule has 1 aromatic heterocycles. The number of fused-ring (bicyclic) bond motifs is 2. The van der Waals surface area contributed by atoms with E-state index >= 15 is 0 Å². The maximum absolute atomic E-state index is 14.1. The molecular formula is C38H36ClF2N7O7. The molecule has 0 saturated carbocycles. The minimum Gasteiger partial charge on any atom is -0.449 e. The van der Waals surface area contributed by atoms with Gasteiger partial charge in [-0.3, -0.25) is 39.1 Å². The van der Waals surface area contributed by atoms with Gasteiger partial charge in [-0.15, -0.1) is 0 Å². The van der Waals surface area contributed by atoms with E-state index in [1.807, 2.05) is 4.90 Å². The van der Waals surface area contributed by atoms with E-state index in [0.717, 1.165) is 10.6 Å². The Morgan fingerprint density at radius 2 is 1.80 bits per heavy atom. The molecule has 0 radical (unpaired) electrons. The van der Waals surface area contributed by atoms with Crippen LogP contribution in [0.5, 0.6) is 0 Å². The van der Waals surface area contributed by atoms with Crippen LogP contribution in [-0.4, -0.2) is 102 Å². The van der Waals surface area contributed by atoms with E-state index in [2.05, 4.69) is 20.9 Å². The third-order valence-electron chi connectivity index (χ3n) is 11.1. The number of amides is 6. The Bertz CT molecular complexity index is 2130. The van der Waals surface area contributed by atoms with Crippen LogP contribution in [0.2, 0.25) is 5.02 Å². The van der Waals surface area contributed by atoms with Gasteiger partial charge >= 0.3 is 6.09 Å². The van der Waals surface area contributed by atoms with Crippen LogP contribution in [0.15, 0.2) is 54.7 Å². The highest BCUT2D eigenvalue weighted by molar-refractivity contribution is 6.32. The highest BCUT2D eigenvalue weighted by Crippen LogP contribution is 2.48. The minimum atomic E-state index is -2.67. The topological polar surface area (TPSA) is 170 Å². The predicted molar refractivity (Wildman–Crippen MR) is 193 cm³/mol. The van der Waals surface area contributed by atoms with Gasteiger partial charge in [0.2, 0.25) is 24.1 Å². The first kappa shape index (κ1) is 36.3. The van der Waals surface area contributed by atoms with E-state index in [9.17, 15) is 37.5 Å². The van der Waals surface area contributed by atoms with Gasteiger partial charge in [0.15, 0.2) is 0 Å². The standard InChI is InChI=1S/C38H36ClF2N7O7/c39-26-8-10-42-32-30(26)38(19-44-32,16-28(40)41)22-3-1-2-21(14-22)31-34(51)43-11-12-47(31)37(54)55-13-9-20-17-46(18-20)23-4-5-24-25(15-23)36(53)48(35(24)52)27-6-7-29(49)45-33(27)50/h1-5,8,10,14-15,20,27-28,31H,6-7,9,11-13,16-19H2,(H,42,44)(H,43,51)(H,45,49,50). The van der Waals surface area contributed by atoms with Gasteiger partial charge in [-0.2, -0.15) is 0 Å². The monoisotopic (exact) mass is 775 g/mol. The summed E-state index contributed by atoms with van der Waals surface area (Å²) in [4.78, 5) is 85.6. The Labute approximate surface area is 318 Å². The number of nitrogens with zero attached hydrogens (tertiary/aromatic N) is 4. The van der Waals surface area contributed by atoms with Gasteiger partial charge in [-0.05, 0) is 54.2 Å². The number of rotatable bonds is 9. The summed E-state index contributed by atoms with van der Waals surface area (Å²) in [6.07, 6.45) is -1.72. The Balaban J connectivity index is 0.899. The highest BCUT2D eigenvalue weighted by atomic mass is 35.5. The fraction of sp³-hybridized carbons (Fsp3) is 0.395. The number of piperidine rings is 1. The fourth-order valence-corrected chi connectivity index (χ4v) is 8.70. The van der Waals surface area contributed by atoms with Crippen molar-refractivity contribution in [3.63, 3.8) is 0 Å². The molecule has 3 fully saturated rings. The van der Waals surface area contributed by atoms with Crippen LogP contribution in [0.25, 0.3) is 0 Å². The number of imide groups is 2. The van der Waals surface area contributed by atoms with Crippen LogP contribution < -0.4 is 20.9 Å². The minimum absolute atomic E-state index is 0.0374. The Morgan fingerprint density at radius 3 is 2.58 bits per heavy atom. The number of pyridine rings is 1.